The van der Waals surface area contributed by atoms with Gasteiger partial charge in [0.15, 0.2) is 0 Å². The number of rotatable bonds is 5. The molecule has 3 heterocycles. The minimum Gasteiger partial charge on any atom is -0.481 e. The number of carbonyl (C=O) groups is 1. The SMILES string of the molecule is COc1cccc(CC(=O)N2CCC[C@@](O)(Cn3ccnn3)C2)n1. The van der Waals surface area contributed by atoms with Crippen molar-refractivity contribution in [2.24, 2.45) is 0 Å². The summed E-state index contributed by atoms with van der Waals surface area (Å²) in [5.41, 5.74) is -0.326. The number of aromatic nitrogens is 4. The van der Waals surface area contributed by atoms with Crippen molar-refractivity contribution in [1.29, 1.82) is 0 Å². The van der Waals surface area contributed by atoms with E-state index < -0.39 is 5.60 Å². The molecule has 0 radical (unpaired) electrons. The van der Waals surface area contributed by atoms with Crippen molar-refractivity contribution in [1.82, 2.24) is 24.9 Å². The van der Waals surface area contributed by atoms with E-state index in [2.05, 4.69) is 15.3 Å². The number of hydrogen-bond donors (Lipinski definition) is 1. The molecule has 1 saturated heterocycles. The number of methoxy groups -OCH3 is 1. The molecule has 2 aromatic heterocycles. The van der Waals surface area contributed by atoms with Crippen molar-refractivity contribution in [3.63, 3.8) is 0 Å². The Balaban J connectivity index is 1.64. The fourth-order valence-corrected chi connectivity index (χ4v) is 3.01. The Morgan fingerprint density at radius 2 is 2.33 bits per heavy atom. The lowest BCUT2D eigenvalue weighted by atomic mass is 9.92. The van der Waals surface area contributed by atoms with Crippen LogP contribution in [0.3, 0.4) is 0 Å². The summed E-state index contributed by atoms with van der Waals surface area (Å²) in [6.45, 7) is 1.26. The van der Waals surface area contributed by atoms with E-state index in [4.69, 9.17) is 4.74 Å². The van der Waals surface area contributed by atoms with Crippen LogP contribution in [0.2, 0.25) is 0 Å². The van der Waals surface area contributed by atoms with Gasteiger partial charge in [0.05, 0.1) is 38.5 Å². The van der Waals surface area contributed by atoms with Gasteiger partial charge in [0.1, 0.15) is 5.60 Å². The quantitative estimate of drug-likeness (QED) is 0.846. The lowest BCUT2D eigenvalue weighted by molar-refractivity contribution is -0.138. The van der Waals surface area contributed by atoms with E-state index in [1.165, 1.54) is 0 Å². The van der Waals surface area contributed by atoms with Crippen LogP contribution < -0.4 is 4.74 Å². The van der Waals surface area contributed by atoms with Crippen LogP contribution in [0.25, 0.3) is 0 Å². The van der Waals surface area contributed by atoms with Crippen molar-refractivity contribution in [3.8, 4) is 5.88 Å². The summed E-state index contributed by atoms with van der Waals surface area (Å²) >= 11 is 0. The maximum absolute atomic E-state index is 12.6. The monoisotopic (exact) mass is 331 g/mol. The molecule has 8 heteroatoms. The molecule has 0 bridgehead atoms. The molecule has 1 amide bonds. The van der Waals surface area contributed by atoms with Gasteiger partial charge >= 0.3 is 0 Å². The number of hydrogen-bond acceptors (Lipinski definition) is 6. The van der Waals surface area contributed by atoms with Gasteiger partial charge in [-0.2, -0.15) is 0 Å². The fourth-order valence-electron chi connectivity index (χ4n) is 3.01. The van der Waals surface area contributed by atoms with Crippen LogP contribution in [0.4, 0.5) is 0 Å². The first-order valence-corrected chi connectivity index (χ1v) is 7.92. The zero-order valence-corrected chi connectivity index (χ0v) is 13.6. The van der Waals surface area contributed by atoms with Gasteiger partial charge < -0.3 is 14.7 Å². The average molecular weight is 331 g/mol. The second-order valence-corrected chi connectivity index (χ2v) is 6.09. The lowest BCUT2D eigenvalue weighted by Gasteiger charge is -2.39. The average Bonchev–Trinajstić information content (AvgIpc) is 3.07. The number of β-amino-alcohol motifs (C(OH)–C–C–N with tert-alkyl or cyclic N) is 1. The van der Waals surface area contributed by atoms with Crippen molar-refractivity contribution in [2.75, 3.05) is 20.2 Å². The Labute approximate surface area is 140 Å². The summed E-state index contributed by atoms with van der Waals surface area (Å²) in [5, 5.41) is 18.4. The molecular formula is C16H21N5O3. The lowest BCUT2D eigenvalue weighted by Crippen LogP contribution is -2.52. The first kappa shape index (κ1) is 16.4. The topological polar surface area (TPSA) is 93.4 Å². The number of carbonyl (C=O) groups excluding carboxylic acids is 1. The van der Waals surface area contributed by atoms with Gasteiger partial charge in [-0.15, -0.1) is 5.10 Å². The van der Waals surface area contributed by atoms with E-state index in [0.29, 0.717) is 31.1 Å². The Hall–Kier alpha value is -2.48. The molecule has 2 aromatic rings. The Morgan fingerprint density at radius 1 is 1.46 bits per heavy atom. The van der Waals surface area contributed by atoms with E-state index in [-0.39, 0.29) is 18.9 Å². The maximum Gasteiger partial charge on any atom is 0.228 e. The molecule has 1 aliphatic rings. The molecule has 1 atom stereocenters. The molecule has 3 rings (SSSR count). The number of amides is 1. The number of nitrogens with zero attached hydrogens (tertiary/aromatic N) is 5. The highest BCUT2D eigenvalue weighted by atomic mass is 16.5. The number of aliphatic hydroxyl groups is 1. The highest BCUT2D eigenvalue weighted by Crippen LogP contribution is 2.23. The smallest absolute Gasteiger partial charge is 0.228 e. The molecule has 0 spiro atoms. The molecule has 8 nitrogen and oxygen atoms in total. The molecule has 24 heavy (non-hydrogen) atoms. The van der Waals surface area contributed by atoms with E-state index in [1.54, 1.807) is 41.2 Å². The second kappa shape index (κ2) is 6.96. The van der Waals surface area contributed by atoms with Crippen molar-refractivity contribution >= 4 is 5.91 Å². The zero-order valence-electron chi connectivity index (χ0n) is 13.6. The minimum atomic E-state index is -0.983. The first-order valence-electron chi connectivity index (χ1n) is 7.92. The first-order chi connectivity index (χ1) is 11.6. The van der Waals surface area contributed by atoms with Gasteiger partial charge in [0.2, 0.25) is 11.8 Å². The predicted molar refractivity (Wildman–Crippen MR) is 85.3 cm³/mol. The van der Waals surface area contributed by atoms with Gasteiger partial charge in [0, 0.05) is 18.8 Å². The summed E-state index contributed by atoms with van der Waals surface area (Å²) < 4.78 is 6.68. The van der Waals surface area contributed by atoms with Crippen LogP contribution in [0.1, 0.15) is 18.5 Å². The standard InChI is InChI=1S/C16H21N5O3/c1-24-14-5-2-4-13(18-14)10-15(22)20-8-3-6-16(23,11-20)12-21-9-7-17-19-21/h2,4-5,7,9,23H,3,6,8,10-12H2,1H3/t16-/m0/s1. The summed E-state index contributed by atoms with van der Waals surface area (Å²) in [6, 6.07) is 5.35. The highest BCUT2D eigenvalue weighted by molar-refractivity contribution is 5.78. The third-order valence-electron chi connectivity index (χ3n) is 4.16. The van der Waals surface area contributed by atoms with Crippen molar-refractivity contribution in [2.45, 2.75) is 31.4 Å². The summed E-state index contributed by atoms with van der Waals surface area (Å²) in [6.07, 6.45) is 4.86. The summed E-state index contributed by atoms with van der Waals surface area (Å²) in [4.78, 5) is 18.5. The van der Waals surface area contributed by atoms with E-state index in [0.717, 1.165) is 6.42 Å². The summed E-state index contributed by atoms with van der Waals surface area (Å²) in [5.74, 6) is 0.439. The summed E-state index contributed by atoms with van der Waals surface area (Å²) in [7, 11) is 1.54. The minimum absolute atomic E-state index is 0.0486. The molecule has 0 unspecified atom stereocenters. The van der Waals surface area contributed by atoms with E-state index in [9.17, 15) is 9.90 Å². The van der Waals surface area contributed by atoms with Crippen LogP contribution >= 0.6 is 0 Å². The van der Waals surface area contributed by atoms with Gasteiger partial charge in [-0.05, 0) is 18.9 Å². The van der Waals surface area contributed by atoms with Crippen LogP contribution in [0.5, 0.6) is 5.88 Å². The molecule has 1 fully saturated rings. The number of likely N-dealkylation sites (tertiary alicyclic amines) is 1. The van der Waals surface area contributed by atoms with Crippen LogP contribution in [0.15, 0.2) is 30.6 Å². The van der Waals surface area contributed by atoms with E-state index >= 15 is 0 Å². The zero-order chi connectivity index (χ0) is 17.0. The highest BCUT2D eigenvalue weighted by Gasteiger charge is 2.35. The molecule has 128 valence electrons. The molecule has 1 aliphatic heterocycles. The molecule has 0 aliphatic carbocycles. The van der Waals surface area contributed by atoms with Gasteiger partial charge in [0.25, 0.3) is 0 Å². The molecule has 0 saturated carbocycles. The number of ether oxygens (including phenoxy) is 1. The van der Waals surface area contributed by atoms with E-state index in [1.807, 2.05) is 6.07 Å². The van der Waals surface area contributed by atoms with Gasteiger partial charge in [-0.25, -0.2) is 9.67 Å². The van der Waals surface area contributed by atoms with Gasteiger partial charge in [-0.1, -0.05) is 11.3 Å². The van der Waals surface area contributed by atoms with Gasteiger partial charge in [-0.3, -0.25) is 4.79 Å². The third kappa shape index (κ3) is 3.88. The van der Waals surface area contributed by atoms with Crippen LogP contribution in [0, 0.1) is 0 Å². The van der Waals surface area contributed by atoms with Crippen LogP contribution in [-0.2, 0) is 17.8 Å². The Kier molecular flexibility index (Phi) is 4.75. The Bertz CT molecular complexity index is 691. The molecule has 0 aromatic carbocycles. The largest absolute Gasteiger partial charge is 0.481 e. The number of pyridine rings is 1. The third-order valence-corrected chi connectivity index (χ3v) is 4.16. The van der Waals surface area contributed by atoms with Crippen molar-refractivity contribution in [3.05, 3.63) is 36.3 Å². The molecule has 1 N–H and O–H groups in total. The fraction of sp³-hybridized carbons (Fsp3) is 0.500. The Morgan fingerprint density at radius 3 is 3.08 bits per heavy atom. The predicted octanol–water partition coefficient (Wildman–Crippen LogP) is 0.278. The normalized spacial score (nSPS) is 20.8. The van der Waals surface area contributed by atoms with Crippen molar-refractivity contribution < 1.29 is 14.6 Å². The van der Waals surface area contributed by atoms with Crippen LogP contribution in [-0.4, -0.2) is 61.7 Å². The number of piperidine rings is 1. The second-order valence-electron chi connectivity index (χ2n) is 6.09. The molecular weight excluding hydrogens is 310 g/mol. The maximum atomic E-state index is 12.6.